The Morgan fingerprint density at radius 3 is 2.73 bits per heavy atom. The summed E-state index contributed by atoms with van der Waals surface area (Å²) in [5, 5.41) is 3.76. The predicted octanol–water partition coefficient (Wildman–Crippen LogP) is 2.57. The van der Waals surface area contributed by atoms with Gasteiger partial charge >= 0.3 is 0 Å². The van der Waals surface area contributed by atoms with Crippen molar-refractivity contribution in [1.82, 2.24) is 15.3 Å². The molecule has 0 saturated carbocycles. The second-order valence-electron chi connectivity index (χ2n) is 4.78. The molecule has 0 unspecified atom stereocenters. The fraction of sp³-hybridized carbons (Fsp3) is 0.118. The number of hydrogen-bond acceptors (Lipinski definition) is 4. The summed E-state index contributed by atoms with van der Waals surface area (Å²) < 4.78 is 5.10. The lowest BCUT2D eigenvalue weighted by atomic mass is 10.2. The number of aromatic nitrogens is 2. The minimum Gasteiger partial charge on any atom is -0.497 e. The maximum atomic E-state index is 12.2. The molecule has 0 radical (unpaired) electrons. The van der Waals surface area contributed by atoms with Gasteiger partial charge in [0.15, 0.2) is 5.65 Å². The number of hydrogen-bond donors (Lipinski definition) is 1. The van der Waals surface area contributed by atoms with Crippen LogP contribution in [-0.4, -0.2) is 23.0 Å². The van der Waals surface area contributed by atoms with Crippen molar-refractivity contribution in [3.8, 4) is 5.75 Å². The van der Waals surface area contributed by atoms with Gasteiger partial charge in [-0.2, -0.15) is 0 Å². The Bertz CT molecular complexity index is 800. The summed E-state index contributed by atoms with van der Waals surface area (Å²) in [5.74, 6) is 0.570. The van der Waals surface area contributed by atoms with Crippen molar-refractivity contribution in [2.45, 2.75) is 6.54 Å². The number of fused-ring (bicyclic) bond motifs is 1. The Morgan fingerprint density at radius 1 is 1.14 bits per heavy atom. The molecule has 0 atom stereocenters. The first kappa shape index (κ1) is 14.0. The molecule has 3 aromatic rings. The fourth-order valence-corrected chi connectivity index (χ4v) is 2.10. The van der Waals surface area contributed by atoms with Crippen LogP contribution in [0.5, 0.6) is 5.75 Å². The zero-order valence-electron chi connectivity index (χ0n) is 12.1. The van der Waals surface area contributed by atoms with E-state index in [1.165, 1.54) is 0 Å². The van der Waals surface area contributed by atoms with Crippen molar-refractivity contribution in [2.24, 2.45) is 0 Å². The van der Waals surface area contributed by atoms with Crippen LogP contribution in [0.4, 0.5) is 0 Å². The van der Waals surface area contributed by atoms with Crippen molar-refractivity contribution >= 4 is 16.9 Å². The molecule has 0 aliphatic carbocycles. The van der Waals surface area contributed by atoms with E-state index in [-0.39, 0.29) is 5.91 Å². The van der Waals surface area contributed by atoms with Crippen molar-refractivity contribution in [2.75, 3.05) is 7.11 Å². The summed E-state index contributed by atoms with van der Waals surface area (Å²) >= 11 is 0. The number of ether oxygens (including phenoxy) is 1. The highest BCUT2D eigenvalue weighted by Gasteiger charge is 2.08. The highest BCUT2D eigenvalue weighted by atomic mass is 16.5. The van der Waals surface area contributed by atoms with Gasteiger partial charge in [-0.1, -0.05) is 12.1 Å². The Hall–Kier alpha value is -2.95. The molecule has 0 fully saturated rings. The largest absolute Gasteiger partial charge is 0.497 e. The third kappa shape index (κ3) is 3.03. The molecule has 0 bridgehead atoms. The molecule has 0 saturated heterocycles. The first-order chi connectivity index (χ1) is 10.8. The van der Waals surface area contributed by atoms with Crippen LogP contribution in [0.15, 0.2) is 54.7 Å². The van der Waals surface area contributed by atoms with Gasteiger partial charge < -0.3 is 10.1 Å². The average Bonchev–Trinajstić information content (AvgIpc) is 2.59. The van der Waals surface area contributed by atoms with Gasteiger partial charge in [0.05, 0.1) is 7.11 Å². The van der Waals surface area contributed by atoms with Crippen molar-refractivity contribution in [1.29, 1.82) is 0 Å². The van der Waals surface area contributed by atoms with E-state index < -0.39 is 0 Å². The maximum absolute atomic E-state index is 12.2. The quantitative estimate of drug-likeness (QED) is 0.803. The van der Waals surface area contributed by atoms with E-state index in [1.54, 1.807) is 19.4 Å². The number of benzene rings is 1. The van der Waals surface area contributed by atoms with Crippen molar-refractivity contribution in [3.05, 3.63) is 66.0 Å². The summed E-state index contributed by atoms with van der Waals surface area (Å²) in [7, 11) is 1.62. The Balaban J connectivity index is 1.69. The Labute approximate surface area is 128 Å². The van der Waals surface area contributed by atoms with Crippen LogP contribution in [0, 0.1) is 0 Å². The van der Waals surface area contributed by atoms with Crippen LogP contribution in [0.2, 0.25) is 0 Å². The summed E-state index contributed by atoms with van der Waals surface area (Å²) in [5.41, 5.74) is 1.92. The molecule has 1 aromatic carbocycles. The van der Waals surface area contributed by atoms with Crippen LogP contribution in [0.25, 0.3) is 11.0 Å². The molecule has 2 heterocycles. The highest BCUT2D eigenvalue weighted by molar-refractivity contribution is 5.94. The molecule has 2 aromatic heterocycles. The van der Waals surface area contributed by atoms with E-state index in [2.05, 4.69) is 15.3 Å². The maximum Gasteiger partial charge on any atom is 0.270 e. The summed E-state index contributed by atoms with van der Waals surface area (Å²) in [4.78, 5) is 20.6. The van der Waals surface area contributed by atoms with E-state index in [0.29, 0.717) is 17.9 Å². The van der Waals surface area contributed by atoms with Crippen LogP contribution in [0.1, 0.15) is 16.1 Å². The van der Waals surface area contributed by atoms with E-state index >= 15 is 0 Å². The minimum absolute atomic E-state index is 0.219. The third-order valence-corrected chi connectivity index (χ3v) is 3.31. The standard InChI is InChI=1S/C17H15N3O2/c1-22-14-7-4-12(5-8-14)11-19-17(21)15-9-6-13-3-2-10-18-16(13)20-15/h2-10H,11H2,1H3,(H,19,21). The average molecular weight is 293 g/mol. The van der Waals surface area contributed by atoms with Crippen molar-refractivity contribution < 1.29 is 9.53 Å². The van der Waals surface area contributed by atoms with Gasteiger partial charge in [0, 0.05) is 18.1 Å². The van der Waals surface area contributed by atoms with Gasteiger partial charge in [0.2, 0.25) is 0 Å². The lowest BCUT2D eigenvalue weighted by Gasteiger charge is -2.06. The first-order valence-corrected chi connectivity index (χ1v) is 6.89. The van der Waals surface area contributed by atoms with E-state index in [0.717, 1.165) is 16.7 Å². The molecule has 1 N–H and O–H groups in total. The molecule has 3 rings (SSSR count). The second kappa shape index (κ2) is 6.22. The van der Waals surface area contributed by atoms with Crippen LogP contribution in [0.3, 0.4) is 0 Å². The Kier molecular flexibility index (Phi) is 3.96. The van der Waals surface area contributed by atoms with Crippen LogP contribution in [-0.2, 0) is 6.54 Å². The monoisotopic (exact) mass is 293 g/mol. The van der Waals surface area contributed by atoms with Gasteiger partial charge in [-0.05, 0) is 42.0 Å². The van der Waals surface area contributed by atoms with Gasteiger partial charge in [0.1, 0.15) is 11.4 Å². The summed E-state index contributed by atoms with van der Waals surface area (Å²) in [6.45, 7) is 0.435. The van der Waals surface area contributed by atoms with Crippen LogP contribution < -0.4 is 10.1 Å². The molecular weight excluding hydrogens is 278 g/mol. The molecule has 0 spiro atoms. The SMILES string of the molecule is COc1ccc(CNC(=O)c2ccc3cccnc3n2)cc1. The molecule has 110 valence electrons. The minimum atomic E-state index is -0.219. The second-order valence-corrected chi connectivity index (χ2v) is 4.78. The first-order valence-electron chi connectivity index (χ1n) is 6.89. The fourth-order valence-electron chi connectivity index (χ4n) is 2.10. The number of carbonyl (C=O) groups is 1. The molecule has 0 aliphatic rings. The lowest BCUT2D eigenvalue weighted by Crippen LogP contribution is -2.23. The molecule has 5 heteroatoms. The number of rotatable bonds is 4. The number of nitrogens with zero attached hydrogens (tertiary/aromatic N) is 2. The zero-order valence-corrected chi connectivity index (χ0v) is 12.1. The van der Waals surface area contributed by atoms with E-state index in [4.69, 9.17) is 4.74 Å². The van der Waals surface area contributed by atoms with E-state index in [1.807, 2.05) is 42.5 Å². The van der Waals surface area contributed by atoms with Crippen LogP contribution >= 0.6 is 0 Å². The van der Waals surface area contributed by atoms with Gasteiger partial charge in [-0.15, -0.1) is 0 Å². The number of pyridine rings is 2. The van der Waals surface area contributed by atoms with Crippen molar-refractivity contribution in [3.63, 3.8) is 0 Å². The molecule has 22 heavy (non-hydrogen) atoms. The molecule has 5 nitrogen and oxygen atoms in total. The topological polar surface area (TPSA) is 64.1 Å². The zero-order chi connectivity index (χ0) is 15.4. The smallest absolute Gasteiger partial charge is 0.270 e. The lowest BCUT2D eigenvalue weighted by molar-refractivity contribution is 0.0946. The number of nitrogens with one attached hydrogen (secondary N) is 1. The summed E-state index contributed by atoms with van der Waals surface area (Å²) in [6, 6.07) is 14.8. The molecule has 1 amide bonds. The highest BCUT2D eigenvalue weighted by Crippen LogP contribution is 2.12. The normalized spacial score (nSPS) is 10.4. The Morgan fingerprint density at radius 2 is 1.95 bits per heavy atom. The van der Waals surface area contributed by atoms with Gasteiger partial charge in [-0.3, -0.25) is 4.79 Å². The number of methoxy groups -OCH3 is 1. The molecular formula is C17H15N3O2. The van der Waals surface area contributed by atoms with Gasteiger partial charge in [0.25, 0.3) is 5.91 Å². The van der Waals surface area contributed by atoms with E-state index in [9.17, 15) is 4.79 Å². The predicted molar refractivity (Wildman–Crippen MR) is 83.7 cm³/mol. The molecule has 0 aliphatic heterocycles. The number of amides is 1. The number of carbonyl (C=O) groups excluding carboxylic acids is 1. The summed E-state index contributed by atoms with van der Waals surface area (Å²) in [6.07, 6.45) is 1.66. The third-order valence-electron chi connectivity index (χ3n) is 3.31. The van der Waals surface area contributed by atoms with Gasteiger partial charge in [-0.25, -0.2) is 9.97 Å².